The van der Waals surface area contributed by atoms with E-state index in [1.807, 2.05) is 18.3 Å². The molecule has 1 aliphatic carbocycles. The van der Waals surface area contributed by atoms with E-state index in [1.54, 1.807) is 6.33 Å². The van der Waals surface area contributed by atoms with Crippen LogP contribution in [0.1, 0.15) is 35.7 Å². The number of hydrogen-bond acceptors (Lipinski definition) is 3. The first-order valence-electron chi connectivity index (χ1n) is 5.83. The van der Waals surface area contributed by atoms with E-state index in [-0.39, 0.29) is 0 Å². The molecule has 3 rings (SSSR count). The molecule has 0 aliphatic heterocycles. The molecule has 1 unspecified atom stereocenters. The highest BCUT2D eigenvalue weighted by molar-refractivity contribution is 7.71. The van der Waals surface area contributed by atoms with Gasteiger partial charge in [-0.25, -0.2) is 4.98 Å². The van der Waals surface area contributed by atoms with Crippen LogP contribution in [-0.2, 0) is 6.42 Å². The normalized spacial score (nSPS) is 18.7. The van der Waals surface area contributed by atoms with Gasteiger partial charge in [-0.2, -0.15) is 0 Å². The number of nitrogens with zero attached hydrogens (tertiary/aromatic N) is 2. The zero-order valence-electron chi connectivity index (χ0n) is 9.39. The molecule has 0 spiro atoms. The number of aromatic amines is 1. The average Bonchev–Trinajstić information content (AvgIpc) is 2.38. The monoisotopic (exact) mass is 243 g/mol. The molecular weight excluding hydrogens is 230 g/mol. The van der Waals surface area contributed by atoms with Crippen molar-refractivity contribution in [3.05, 3.63) is 52.3 Å². The smallest absolute Gasteiger partial charge is 0.129 e. The van der Waals surface area contributed by atoms with Gasteiger partial charge in [-0.3, -0.25) is 4.98 Å². The lowest BCUT2D eigenvalue weighted by Gasteiger charge is -2.24. The predicted molar refractivity (Wildman–Crippen MR) is 68.4 cm³/mol. The molecule has 0 radical (unpaired) electrons. The molecule has 4 heteroatoms. The van der Waals surface area contributed by atoms with Crippen molar-refractivity contribution in [2.75, 3.05) is 0 Å². The lowest BCUT2D eigenvalue weighted by Crippen LogP contribution is -2.14. The van der Waals surface area contributed by atoms with Gasteiger partial charge in [0, 0.05) is 17.8 Å². The fourth-order valence-electron chi connectivity index (χ4n) is 2.50. The van der Waals surface area contributed by atoms with Gasteiger partial charge in [-0.15, -0.1) is 0 Å². The molecule has 1 N–H and O–H groups in total. The Balaban J connectivity index is 2.09. The van der Waals surface area contributed by atoms with Crippen LogP contribution in [0, 0.1) is 4.64 Å². The molecule has 1 aliphatic rings. The number of nitrogens with one attached hydrogen (secondary N) is 1. The van der Waals surface area contributed by atoms with Crippen LogP contribution in [0.25, 0.3) is 0 Å². The van der Waals surface area contributed by atoms with Crippen LogP contribution in [0.15, 0.2) is 30.7 Å². The Bertz CT molecular complexity index is 591. The molecule has 0 bridgehead atoms. The Morgan fingerprint density at radius 1 is 1.35 bits per heavy atom. The molecule has 1 atom stereocenters. The molecule has 2 aromatic rings. The van der Waals surface area contributed by atoms with Crippen LogP contribution in [-0.4, -0.2) is 15.0 Å². The summed E-state index contributed by atoms with van der Waals surface area (Å²) in [7, 11) is 0. The lowest BCUT2D eigenvalue weighted by molar-refractivity contribution is 0.586. The van der Waals surface area contributed by atoms with Crippen molar-refractivity contribution < 1.29 is 0 Å². The third-order valence-corrected chi connectivity index (χ3v) is 3.50. The van der Waals surface area contributed by atoms with E-state index in [1.165, 1.54) is 17.7 Å². The van der Waals surface area contributed by atoms with Crippen LogP contribution < -0.4 is 0 Å². The van der Waals surface area contributed by atoms with Crippen LogP contribution >= 0.6 is 12.2 Å². The first-order chi connectivity index (χ1) is 8.34. The average molecular weight is 243 g/mol. The summed E-state index contributed by atoms with van der Waals surface area (Å²) < 4.78 is 0.641. The number of fused-ring (bicyclic) bond motifs is 1. The SMILES string of the molecule is S=c1cc(C2CCCc3cccnc32)[nH]cn1. The van der Waals surface area contributed by atoms with Crippen molar-refractivity contribution in [2.24, 2.45) is 0 Å². The minimum absolute atomic E-state index is 0.338. The first-order valence-corrected chi connectivity index (χ1v) is 6.24. The fraction of sp³-hybridized carbons (Fsp3) is 0.308. The number of pyridine rings is 1. The molecule has 86 valence electrons. The number of aryl methyl sites for hydroxylation is 1. The third kappa shape index (κ3) is 2.00. The minimum Gasteiger partial charge on any atom is -0.349 e. The Hall–Kier alpha value is -1.55. The molecule has 3 nitrogen and oxygen atoms in total. The second-order valence-electron chi connectivity index (χ2n) is 4.33. The number of hydrogen-bond donors (Lipinski definition) is 1. The van der Waals surface area contributed by atoms with Crippen molar-refractivity contribution in [3.8, 4) is 0 Å². The Kier molecular flexibility index (Phi) is 2.73. The lowest BCUT2D eigenvalue weighted by atomic mass is 9.84. The van der Waals surface area contributed by atoms with E-state index in [0.717, 1.165) is 18.5 Å². The molecule has 0 saturated heterocycles. The summed E-state index contributed by atoms with van der Waals surface area (Å²) in [6, 6.07) is 6.13. The third-order valence-electron chi connectivity index (χ3n) is 3.27. The van der Waals surface area contributed by atoms with E-state index in [2.05, 4.69) is 21.0 Å². The van der Waals surface area contributed by atoms with E-state index in [0.29, 0.717) is 10.6 Å². The minimum atomic E-state index is 0.338. The van der Waals surface area contributed by atoms with Crippen molar-refractivity contribution in [2.45, 2.75) is 25.2 Å². The molecule has 0 fully saturated rings. The van der Waals surface area contributed by atoms with Gasteiger partial charge in [0.1, 0.15) is 4.64 Å². The molecule has 0 aromatic carbocycles. The van der Waals surface area contributed by atoms with Gasteiger partial charge in [0.2, 0.25) is 0 Å². The summed E-state index contributed by atoms with van der Waals surface area (Å²) >= 11 is 5.12. The second kappa shape index (κ2) is 4.37. The van der Waals surface area contributed by atoms with Crippen LogP contribution in [0.5, 0.6) is 0 Å². The summed E-state index contributed by atoms with van der Waals surface area (Å²) in [6.45, 7) is 0. The van der Waals surface area contributed by atoms with Crippen LogP contribution in [0.2, 0.25) is 0 Å². The van der Waals surface area contributed by atoms with Crippen LogP contribution in [0.4, 0.5) is 0 Å². The van der Waals surface area contributed by atoms with Gasteiger partial charge in [0.25, 0.3) is 0 Å². The number of aromatic nitrogens is 3. The predicted octanol–water partition coefficient (Wildman–Crippen LogP) is 3.00. The van der Waals surface area contributed by atoms with E-state index in [4.69, 9.17) is 12.2 Å². The molecular formula is C13H13N3S. The first kappa shape index (κ1) is 10.6. The largest absolute Gasteiger partial charge is 0.349 e. The van der Waals surface area contributed by atoms with E-state index < -0.39 is 0 Å². The molecule has 17 heavy (non-hydrogen) atoms. The van der Waals surface area contributed by atoms with Gasteiger partial charge in [-0.05, 0) is 37.0 Å². The highest BCUT2D eigenvalue weighted by Crippen LogP contribution is 2.33. The Morgan fingerprint density at radius 2 is 2.29 bits per heavy atom. The van der Waals surface area contributed by atoms with E-state index in [9.17, 15) is 0 Å². The van der Waals surface area contributed by atoms with E-state index >= 15 is 0 Å². The van der Waals surface area contributed by atoms with Crippen molar-refractivity contribution in [3.63, 3.8) is 0 Å². The fourth-order valence-corrected chi connectivity index (χ4v) is 2.68. The zero-order chi connectivity index (χ0) is 11.7. The maximum Gasteiger partial charge on any atom is 0.129 e. The summed E-state index contributed by atoms with van der Waals surface area (Å²) in [6.07, 6.45) is 7.00. The second-order valence-corrected chi connectivity index (χ2v) is 4.75. The van der Waals surface area contributed by atoms with Gasteiger partial charge in [0.05, 0.1) is 12.0 Å². The highest BCUT2D eigenvalue weighted by atomic mass is 32.1. The summed E-state index contributed by atoms with van der Waals surface area (Å²) in [4.78, 5) is 11.8. The number of H-pyrrole nitrogens is 1. The number of rotatable bonds is 1. The Labute approximate surface area is 105 Å². The maximum absolute atomic E-state index is 5.12. The van der Waals surface area contributed by atoms with Gasteiger partial charge < -0.3 is 4.98 Å². The van der Waals surface area contributed by atoms with Gasteiger partial charge in [-0.1, -0.05) is 18.3 Å². The van der Waals surface area contributed by atoms with Crippen LogP contribution in [0.3, 0.4) is 0 Å². The summed E-state index contributed by atoms with van der Waals surface area (Å²) in [5.41, 5.74) is 3.68. The topological polar surface area (TPSA) is 41.6 Å². The maximum atomic E-state index is 5.12. The van der Waals surface area contributed by atoms with Crippen molar-refractivity contribution >= 4 is 12.2 Å². The molecule has 0 saturated carbocycles. The quantitative estimate of drug-likeness (QED) is 0.783. The van der Waals surface area contributed by atoms with Gasteiger partial charge >= 0.3 is 0 Å². The standard InChI is InChI=1S/C13H13N3S/c17-12-7-11(15-8-16-12)10-5-1-3-9-4-2-6-14-13(9)10/h2,4,6-8,10H,1,3,5H2,(H,15,16,17). The highest BCUT2D eigenvalue weighted by Gasteiger charge is 2.23. The summed E-state index contributed by atoms with van der Waals surface area (Å²) in [5.74, 6) is 0.338. The zero-order valence-corrected chi connectivity index (χ0v) is 10.2. The Morgan fingerprint density at radius 3 is 3.18 bits per heavy atom. The summed E-state index contributed by atoms with van der Waals surface area (Å²) in [5, 5.41) is 0. The molecule has 2 aromatic heterocycles. The van der Waals surface area contributed by atoms with Crippen molar-refractivity contribution in [1.82, 2.24) is 15.0 Å². The molecule has 2 heterocycles. The van der Waals surface area contributed by atoms with Gasteiger partial charge in [0.15, 0.2) is 0 Å². The van der Waals surface area contributed by atoms with Crippen molar-refractivity contribution in [1.29, 1.82) is 0 Å². The molecule has 0 amide bonds.